The smallest absolute Gasteiger partial charge is 0.258 e. The van der Waals surface area contributed by atoms with Crippen LogP contribution in [0.15, 0.2) is 47.6 Å². The average molecular weight is 422 g/mol. The fourth-order valence-electron chi connectivity index (χ4n) is 2.96. The molecule has 1 amide bonds. The summed E-state index contributed by atoms with van der Waals surface area (Å²) in [6, 6.07) is 11.1. The van der Waals surface area contributed by atoms with Gasteiger partial charge in [0.15, 0.2) is 5.82 Å². The number of amides is 1. The van der Waals surface area contributed by atoms with E-state index in [-0.39, 0.29) is 5.91 Å². The van der Waals surface area contributed by atoms with Crippen LogP contribution in [0, 0.1) is 13.8 Å². The van der Waals surface area contributed by atoms with Crippen molar-refractivity contribution in [2.24, 2.45) is 4.99 Å². The van der Waals surface area contributed by atoms with E-state index >= 15 is 0 Å². The average Bonchev–Trinajstić information content (AvgIpc) is 3.21. The molecule has 0 bridgehead atoms. The first-order valence-corrected chi connectivity index (χ1v) is 9.91. The molecule has 0 aliphatic carbocycles. The van der Waals surface area contributed by atoms with E-state index in [2.05, 4.69) is 37.1 Å². The molecule has 0 saturated carbocycles. The second kappa shape index (κ2) is 10.4. The Hall–Kier alpha value is -3.72. The number of carbonyl (C=O) groups is 1. The van der Waals surface area contributed by atoms with Crippen LogP contribution >= 0.6 is 0 Å². The highest BCUT2D eigenvalue weighted by Gasteiger charge is 2.14. The van der Waals surface area contributed by atoms with Gasteiger partial charge in [-0.1, -0.05) is 6.07 Å². The summed E-state index contributed by atoms with van der Waals surface area (Å²) >= 11 is 0. The summed E-state index contributed by atoms with van der Waals surface area (Å²) in [7, 11) is 0. The third kappa shape index (κ3) is 6.13. The van der Waals surface area contributed by atoms with E-state index in [1.165, 1.54) is 0 Å². The Kier molecular flexibility index (Phi) is 7.34. The second-order valence-electron chi connectivity index (χ2n) is 7.12. The third-order valence-corrected chi connectivity index (χ3v) is 4.65. The molecule has 2 aromatic heterocycles. The number of carbonyl (C=O) groups excluding carboxylic acids is 1. The number of ether oxygens (including phenoxy) is 1. The van der Waals surface area contributed by atoms with Crippen molar-refractivity contribution in [2.75, 3.05) is 42.3 Å². The van der Waals surface area contributed by atoms with E-state index in [9.17, 15) is 4.79 Å². The molecule has 0 spiro atoms. The molecule has 162 valence electrons. The molecule has 1 fully saturated rings. The van der Waals surface area contributed by atoms with Crippen LogP contribution in [0.25, 0.3) is 0 Å². The highest BCUT2D eigenvalue weighted by molar-refractivity contribution is 6.03. The third-order valence-electron chi connectivity index (χ3n) is 4.65. The number of H-pyrrole nitrogens is 1. The van der Waals surface area contributed by atoms with Crippen molar-refractivity contribution in [3.63, 3.8) is 0 Å². The number of nitrogens with zero attached hydrogens (tertiary/aromatic N) is 4. The molecule has 1 saturated heterocycles. The number of benzene rings is 1. The van der Waals surface area contributed by atoms with Gasteiger partial charge >= 0.3 is 0 Å². The van der Waals surface area contributed by atoms with Crippen LogP contribution in [0.2, 0.25) is 0 Å². The topological polar surface area (TPSA) is 122 Å². The number of nitrogens with two attached hydrogens (primary N) is 1. The quantitative estimate of drug-likeness (QED) is 0.440. The first kappa shape index (κ1) is 22.0. The molecule has 0 unspecified atom stereocenters. The minimum Gasteiger partial charge on any atom is -0.397 e. The standard InChI is InChI=1S/C14H17N5O2.C8H10N2/c1-10-8-12(18-17-10)16-14(20)11-2-3-13(15-9-11)19-4-6-21-7-5-19;1-6-3-4-7(9)8(5-6)10-2/h2-3,8-9H,4-7H2,1H3,(H2,16,17,18,20);3-5H,2,9H2,1H3. The molecule has 4 rings (SSSR count). The number of rotatable bonds is 4. The summed E-state index contributed by atoms with van der Waals surface area (Å²) in [4.78, 5) is 22.3. The Morgan fingerprint density at radius 3 is 2.58 bits per heavy atom. The summed E-state index contributed by atoms with van der Waals surface area (Å²) in [6.45, 7) is 10.3. The molecule has 0 radical (unpaired) electrons. The number of aryl methyl sites for hydroxylation is 2. The van der Waals surface area contributed by atoms with Crippen molar-refractivity contribution in [3.05, 3.63) is 59.4 Å². The van der Waals surface area contributed by atoms with Crippen molar-refractivity contribution in [1.29, 1.82) is 0 Å². The summed E-state index contributed by atoms with van der Waals surface area (Å²) in [5, 5.41) is 9.47. The first-order valence-electron chi connectivity index (χ1n) is 9.91. The van der Waals surface area contributed by atoms with Crippen LogP contribution < -0.4 is 16.0 Å². The van der Waals surface area contributed by atoms with Gasteiger partial charge in [0, 0.05) is 31.0 Å². The summed E-state index contributed by atoms with van der Waals surface area (Å²) < 4.78 is 5.31. The monoisotopic (exact) mass is 421 g/mol. The number of anilines is 3. The molecule has 3 aromatic rings. The van der Waals surface area contributed by atoms with Gasteiger partial charge in [0.05, 0.1) is 30.2 Å². The zero-order chi connectivity index (χ0) is 22.2. The second-order valence-corrected chi connectivity index (χ2v) is 7.12. The van der Waals surface area contributed by atoms with E-state index in [0.717, 1.165) is 35.9 Å². The lowest BCUT2D eigenvalue weighted by Gasteiger charge is -2.27. The molecule has 4 N–H and O–H groups in total. The Morgan fingerprint density at radius 2 is 2.00 bits per heavy atom. The van der Waals surface area contributed by atoms with Gasteiger partial charge in [-0.15, -0.1) is 0 Å². The molecule has 1 aliphatic rings. The minimum absolute atomic E-state index is 0.220. The Bertz CT molecular complexity index is 1020. The summed E-state index contributed by atoms with van der Waals surface area (Å²) in [5.74, 6) is 1.16. The molecule has 1 aromatic carbocycles. The number of aromatic amines is 1. The van der Waals surface area contributed by atoms with Crippen LogP contribution in [-0.2, 0) is 4.74 Å². The van der Waals surface area contributed by atoms with Crippen molar-refractivity contribution < 1.29 is 9.53 Å². The highest BCUT2D eigenvalue weighted by atomic mass is 16.5. The Morgan fingerprint density at radius 1 is 1.23 bits per heavy atom. The molecular weight excluding hydrogens is 394 g/mol. The van der Waals surface area contributed by atoms with Gasteiger partial charge in [0.25, 0.3) is 5.91 Å². The zero-order valence-corrected chi connectivity index (χ0v) is 17.8. The number of aromatic nitrogens is 3. The van der Waals surface area contributed by atoms with E-state index in [0.29, 0.717) is 30.3 Å². The molecule has 9 heteroatoms. The van der Waals surface area contributed by atoms with Crippen LogP contribution in [0.1, 0.15) is 21.6 Å². The number of morpholine rings is 1. The van der Waals surface area contributed by atoms with Crippen LogP contribution in [0.5, 0.6) is 0 Å². The Labute approximate surface area is 181 Å². The highest BCUT2D eigenvalue weighted by Crippen LogP contribution is 2.21. The van der Waals surface area contributed by atoms with E-state index in [4.69, 9.17) is 10.5 Å². The molecule has 1 aliphatic heterocycles. The van der Waals surface area contributed by atoms with Gasteiger partial charge in [-0.25, -0.2) is 4.98 Å². The van der Waals surface area contributed by atoms with Gasteiger partial charge in [-0.3, -0.25) is 14.9 Å². The summed E-state index contributed by atoms with van der Waals surface area (Å²) in [5.41, 5.74) is 9.56. The number of nitrogens with one attached hydrogen (secondary N) is 2. The van der Waals surface area contributed by atoms with Crippen LogP contribution in [0.3, 0.4) is 0 Å². The van der Waals surface area contributed by atoms with Crippen LogP contribution in [0.4, 0.5) is 23.0 Å². The lowest BCUT2D eigenvalue weighted by Crippen LogP contribution is -2.36. The fraction of sp³-hybridized carbons (Fsp3) is 0.273. The maximum absolute atomic E-state index is 12.1. The van der Waals surface area contributed by atoms with Gasteiger partial charge in [0.1, 0.15) is 5.82 Å². The fourth-order valence-corrected chi connectivity index (χ4v) is 2.96. The maximum atomic E-state index is 12.1. The number of nitrogen functional groups attached to an aromatic ring is 1. The zero-order valence-electron chi connectivity index (χ0n) is 17.8. The molecule has 9 nitrogen and oxygen atoms in total. The number of hydrogen-bond donors (Lipinski definition) is 3. The largest absolute Gasteiger partial charge is 0.397 e. The van der Waals surface area contributed by atoms with Crippen molar-refractivity contribution in [3.8, 4) is 0 Å². The lowest BCUT2D eigenvalue weighted by atomic mass is 10.2. The van der Waals surface area contributed by atoms with Crippen molar-refractivity contribution in [1.82, 2.24) is 15.2 Å². The molecular formula is C22H27N7O2. The van der Waals surface area contributed by atoms with Gasteiger partial charge in [-0.2, -0.15) is 5.10 Å². The number of aliphatic imine (C=N–C) groups is 1. The van der Waals surface area contributed by atoms with Gasteiger partial charge in [0.2, 0.25) is 0 Å². The normalized spacial score (nSPS) is 13.2. The van der Waals surface area contributed by atoms with Crippen molar-refractivity contribution >= 4 is 35.6 Å². The first-order chi connectivity index (χ1) is 15.0. The molecule has 0 atom stereocenters. The summed E-state index contributed by atoms with van der Waals surface area (Å²) in [6.07, 6.45) is 1.58. The lowest BCUT2D eigenvalue weighted by molar-refractivity contribution is 0.102. The van der Waals surface area contributed by atoms with Crippen molar-refractivity contribution in [2.45, 2.75) is 13.8 Å². The predicted octanol–water partition coefficient (Wildman–Crippen LogP) is 3.11. The molecule has 3 heterocycles. The van der Waals surface area contributed by atoms with Gasteiger partial charge in [-0.05, 0) is 50.4 Å². The predicted molar refractivity (Wildman–Crippen MR) is 123 cm³/mol. The van der Waals surface area contributed by atoms with Gasteiger partial charge < -0.3 is 20.7 Å². The minimum atomic E-state index is -0.220. The van der Waals surface area contributed by atoms with Crippen LogP contribution in [-0.4, -0.2) is 54.1 Å². The van der Waals surface area contributed by atoms with E-state index < -0.39 is 0 Å². The number of pyridine rings is 1. The Balaban J connectivity index is 0.000000229. The van der Waals surface area contributed by atoms with E-state index in [1.807, 2.05) is 38.1 Å². The van der Waals surface area contributed by atoms with E-state index in [1.54, 1.807) is 18.3 Å². The maximum Gasteiger partial charge on any atom is 0.258 e. The number of hydrogen-bond acceptors (Lipinski definition) is 7. The SMILES string of the molecule is C=Nc1cc(C)ccc1N.Cc1cc(NC(=O)c2ccc(N3CCOCC3)nc2)n[nH]1. The molecule has 31 heavy (non-hydrogen) atoms.